The fourth-order valence-corrected chi connectivity index (χ4v) is 2.81. The number of hydrogen-bond acceptors (Lipinski definition) is 2. The average molecular weight is 347 g/mol. The van der Waals surface area contributed by atoms with E-state index in [0.717, 1.165) is 23.8 Å². The van der Waals surface area contributed by atoms with E-state index in [4.69, 9.17) is 11.6 Å². The van der Waals surface area contributed by atoms with Crippen LogP contribution >= 0.6 is 11.6 Å². The summed E-state index contributed by atoms with van der Waals surface area (Å²) in [5, 5.41) is 2.72. The normalized spacial score (nSPS) is 21.7. The van der Waals surface area contributed by atoms with Gasteiger partial charge in [-0.05, 0) is 31.0 Å². The maximum atomic E-state index is 13.2. The molecular formula is C15H14ClF3N2O2. The van der Waals surface area contributed by atoms with E-state index < -0.39 is 23.6 Å². The zero-order chi connectivity index (χ0) is 16.8. The second-order valence-corrected chi connectivity index (χ2v) is 6.28. The van der Waals surface area contributed by atoms with Crippen molar-refractivity contribution in [2.75, 3.05) is 11.4 Å². The molecule has 1 aliphatic heterocycles. The SMILES string of the molecule is O=C(NC1CC1)C1CC(=O)N(c2ccc(Cl)cc2C(F)(F)F)C1. The summed E-state index contributed by atoms with van der Waals surface area (Å²) in [6.45, 7) is -0.0535. The van der Waals surface area contributed by atoms with Crippen LogP contribution in [0.4, 0.5) is 18.9 Å². The van der Waals surface area contributed by atoms with Gasteiger partial charge < -0.3 is 10.2 Å². The Bertz CT molecular complexity index is 659. The lowest BCUT2D eigenvalue weighted by Gasteiger charge is -2.22. The Hall–Kier alpha value is -1.76. The fourth-order valence-electron chi connectivity index (χ4n) is 2.63. The molecule has 3 rings (SSSR count). The second-order valence-electron chi connectivity index (χ2n) is 5.85. The lowest BCUT2D eigenvalue weighted by Crippen LogP contribution is -2.34. The third-order valence-corrected chi connectivity index (χ3v) is 4.21. The van der Waals surface area contributed by atoms with Gasteiger partial charge in [-0.25, -0.2) is 0 Å². The summed E-state index contributed by atoms with van der Waals surface area (Å²) in [4.78, 5) is 25.1. The number of carbonyl (C=O) groups is 2. The smallest absolute Gasteiger partial charge is 0.353 e. The Kier molecular flexibility index (Phi) is 4.00. The standard InChI is InChI=1S/C15H14ClF3N2O2/c16-9-1-4-12(11(6-9)15(17,18)19)21-7-8(5-13(21)22)14(23)20-10-2-3-10/h1,4,6,8,10H,2-3,5,7H2,(H,20,23). The summed E-state index contributed by atoms with van der Waals surface area (Å²) >= 11 is 5.64. The molecule has 1 unspecified atom stereocenters. The molecule has 1 atom stereocenters. The van der Waals surface area contributed by atoms with Crippen molar-refractivity contribution in [3.8, 4) is 0 Å². The summed E-state index contributed by atoms with van der Waals surface area (Å²) in [6, 6.07) is 3.41. The fraction of sp³-hybridized carbons (Fsp3) is 0.467. The molecule has 124 valence electrons. The van der Waals surface area contributed by atoms with E-state index in [1.807, 2.05) is 0 Å². The van der Waals surface area contributed by atoms with Crippen LogP contribution in [0.5, 0.6) is 0 Å². The number of halogens is 4. The molecule has 1 saturated carbocycles. The van der Waals surface area contributed by atoms with Gasteiger partial charge in [-0.1, -0.05) is 11.6 Å². The predicted molar refractivity (Wildman–Crippen MR) is 78.1 cm³/mol. The van der Waals surface area contributed by atoms with E-state index >= 15 is 0 Å². The number of hydrogen-bond donors (Lipinski definition) is 1. The minimum Gasteiger partial charge on any atom is -0.353 e. The summed E-state index contributed by atoms with van der Waals surface area (Å²) in [5.41, 5.74) is -1.23. The van der Waals surface area contributed by atoms with E-state index in [0.29, 0.717) is 0 Å². The van der Waals surface area contributed by atoms with Gasteiger partial charge in [0.1, 0.15) is 0 Å². The number of amides is 2. The highest BCUT2D eigenvalue weighted by atomic mass is 35.5. The zero-order valence-corrected chi connectivity index (χ0v) is 12.7. The Morgan fingerprint density at radius 3 is 2.61 bits per heavy atom. The summed E-state index contributed by atoms with van der Waals surface area (Å²) in [6.07, 6.45) is -2.90. The van der Waals surface area contributed by atoms with Gasteiger partial charge in [-0.2, -0.15) is 13.2 Å². The van der Waals surface area contributed by atoms with Crippen molar-refractivity contribution in [3.63, 3.8) is 0 Å². The van der Waals surface area contributed by atoms with Crippen LogP contribution in [-0.2, 0) is 15.8 Å². The molecule has 0 aromatic heterocycles. The summed E-state index contributed by atoms with van der Waals surface area (Å²) < 4.78 is 39.5. The first-order chi connectivity index (χ1) is 10.8. The summed E-state index contributed by atoms with van der Waals surface area (Å²) in [5.74, 6) is -1.39. The Balaban J connectivity index is 1.84. The number of carbonyl (C=O) groups excluding carboxylic acids is 2. The Morgan fingerprint density at radius 1 is 1.30 bits per heavy atom. The molecule has 0 spiro atoms. The lowest BCUT2D eigenvalue weighted by molar-refractivity contribution is -0.137. The number of anilines is 1. The molecular weight excluding hydrogens is 333 g/mol. The van der Waals surface area contributed by atoms with Gasteiger partial charge in [0.2, 0.25) is 11.8 Å². The molecule has 0 bridgehead atoms. The average Bonchev–Trinajstić information content (AvgIpc) is 3.18. The maximum absolute atomic E-state index is 13.2. The van der Waals surface area contributed by atoms with E-state index in [1.54, 1.807) is 0 Å². The molecule has 2 aliphatic rings. The predicted octanol–water partition coefficient (Wildman–Crippen LogP) is 2.99. The van der Waals surface area contributed by atoms with Crippen LogP contribution in [-0.4, -0.2) is 24.4 Å². The molecule has 1 saturated heterocycles. The number of alkyl halides is 3. The van der Waals surface area contributed by atoms with Gasteiger partial charge in [0.15, 0.2) is 0 Å². The van der Waals surface area contributed by atoms with Gasteiger partial charge in [0, 0.05) is 24.0 Å². The molecule has 8 heteroatoms. The molecule has 2 amide bonds. The van der Waals surface area contributed by atoms with Crippen LogP contribution in [0.25, 0.3) is 0 Å². The first-order valence-corrected chi connectivity index (χ1v) is 7.61. The van der Waals surface area contributed by atoms with Gasteiger partial charge in [-0.3, -0.25) is 9.59 Å². The maximum Gasteiger partial charge on any atom is 0.418 e. The molecule has 1 heterocycles. The third-order valence-electron chi connectivity index (χ3n) is 3.97. The van der Waals surface area contributed by atoms with Crippen LogP contribution < -0.4 is 10.2 Å². The van der Waals surface area contributed by atoms with E-state index in [-0.39, 0.29) is 35.6 Å². The molecule has 0 radical (unpaired) electrons. The highest BCUT2D eigenvalue weighted by Crippen LogP contribution is 2.40. The van der Waals surface area contributed by atoms with Gasteiger partial charge >= 0.3 is 6.18 Å². The van der Waals surface area contributed by atoms with Crippen molar-refractivity contribution in [2.24, 2.45) is 5.92 Å². The Labute approximate surface area is 135 Å². The monoisotopic (exact) mass is 346 g/mol. The van der Waals surface area contributed by atoms with Crippen LogP contribution in [0.15, 0.2) is 18.2 Å². The van der Waals surface area contributed by atoms with Gasteiger partial charge in [0.05, 0.1) is 17.2 Å². The highest BCUT2D eigenvalue weighted by Gasteiger charge is 2.41. The van der Waals surface area contributed by atoms with E-state index in [1.165, 1.54) is 12.1 Å². The van der Waals surface area contributed by atoms with Crippen molar-refractivity contribution < 1.29 is 22.8 Å². The minimum atomic E-state index is -4.63. The molecule has 2 fully saturated rings. The quantitative estimate of drug-likeness (QED) is 0.914. The molecule has 1 aliphatic carbocycles. The van der Waals surface area contributed by atoms with E-state index in [2.05, 4.69) is 5.32 Å². The third kappa shape index (κ3) is 3.44. The van der Waals surface area contributed by atoms with E-state index in [9.17, 15) is 22.8 Å². The largest absolute Gasteiger partial charge is 0.418 e. The lowest BCUT2D eigenvalue weighted by atomic mass is 10.1. The number of nitrogens with zero attached hydrogens (tertiary/aromatic N) is 1. The van der Waals surface area contributed by atoms with Crippen LogP contribution in [0.3, 0.4) is 0 Å². The van der Waals surface area contributed by atoms with Crippen LogP contribution in [0.2, 0.25) is 5.02 Å². The van der Waals surface area contributed by atoms with Crippen molar-refractivity contribution in [2.45, 2.75) is 31.5 Å². The Morgan fingerprint density at radius 2 is 2.00 bits per heavy atom. The molecule has 1 aromatic rings. The van der Waals surface area contributed by atoms with Crippen molar-refractivity contribution >= 4 is 29.1 Å². The highest BCUT2D eigenvalue weighted by molar-refractivity contribution is 6.30. The first kappa shape index (κ1) is 16.1. The number of benzene rings is 1. The number of rotatable bonds is 3. The van der Waals surface area contributed by atoms with Crippen molar-refractivity contribution in [1.29, 1.82) is 0 Å². The van der Waals surface area contributed by atoms with Crippen LogP contribution in [0.1, 0.15) is 24.8 Å². The molecule has 1 aromatic carbocycles. The topological polar surface area (TPSA) is 49.4 Å². The molecule has 23 heavy (non-hydrogen) atoms. The van der Waals surface area contributed by atoms with Crippen molar-refractivity contribution in [3.05, 3.63) is 28.8 Å². The number of nitrogens with one attached hydrogen (secondary N) is 1. The van der Waals surface area contributed by atoms with Crippen molar-refractivity contribution in [1.82, 2.24) is 5.32 Å². The zero-order valence-electron chi connectivity index (χ0n) is 12.0. The van der Waals surface area contributed by atoms with Crippen LogP contribution in [0, 0.1) is 5.92 Å². The van der Waals surface area contributed by atoms with Gasteiger partial charge in [-0.15, -0.1) is 0 Å². The minimum absolute atomic E-state index is 0.0535. The van der Waals surface area contributed by atoms with Gasteiger partial charge in [0.25, 0.3) is 0 Å². The first-order valence-electron chi connectivity index (χ1n) is 7.23. The summed E-state index contributed by atoms with van der Waals surface area (Å²) in [7, 11) is 0. The second kappa shape index (κ2) is 5.70. The molecule has 4 nitrogen and oxygen atoms in total. The molecule has 1 N–H and O–H groups in total.